The van der Waals surface area contributed by atoms with Crippen LogP contribution in [0, 0.1) is 5.82 Å². The van der Waals surface area contributed by atoms with Crippen LogP contribution in [0.15, 0.2) is 18.2 Å². The van der Waals surface area contributed by atoms with E-state index >= 15 is 0 Å². The molecule has 1 aromatic rings. The number of carbonyl (C=O) groups excluding carboxylic acids is 1. The molecule has 1 amide bonds. The predicted octanol–water partition coefficient (Wildman–Crippen LogP) is 1.17. The predicted molar refractivity (Wildman–Crippen MR) is 76.7 cm³/mol. The Morgan fingerprint density at radius 3 is 2.90 bits per heavy atom. The molecule has 6 heteroatoms. The van der Waals surface area contributed by atoms with Gasteiger partial charge < -0.3 is 19.7 Å². The summed E-state index contributed by atoms with van der Waals surface area (Å²) < 4.78 is 24.4. The summed E-state index contributed by atoms with van der Waals surface area (Å²) >= 11 is 0. The van der Waals surface area contributed by atoms with E-state index in [9.17, 15) is 9.18 Å². The monoisotopic (exact) mass is 296 g/mol. The molecule has 5 nitrogen and oxygen atoms in total. The standard InChI is InChI=1S/C15H21FN2O3/c1-18-7-5-14(15(18)19)21-13-4-3-11(9-12(13)16)10-17-6-8-20-2/h3-4,9,14,17H,5-8,10H2,1-2H3. The molecule has 0 saturated carbocycles. The van der Waals surface area contributed by atoms with Gasteiger partial charge in [-0.1, -0.05) is 6.07 Å². The Bertz CT molecular complexity index is 496. The number of carbonyl (C=O) groups is 1. The van der Waals surface area contributed by atoms with E-state index in [4.69, 9.17) is 9.47 Å². The molecule has 1 aliphatic rings. The van der Waals surface area contributed by atoms with Gasteiger partial charge in [-0.3, -0.25) is 4.79 Å². The normalized spacial score (nSPS) is 18.3. The Hall–Kier alpha value is -1.66. The highest BCUT2D eigenvalue weighted by Crippen LogP contribution is 2.23. The number of amides is 1. The van der Waals surface area contributed by atoms with Gasteiger partial charge in [-0.2, -0.15) is 0 Å². The summed E-state index contributed by atoms with van der Waals surface area (Å²) in [6, 6.07) is 4.80. The third-order valence-corrected chi connectivity index (χ3v) is 3.46. The van der Waals surface area contributed by atoms with Gasteiger partial charge in [0.15, 0.2) is 17.7 Å². The van der Waals surface area contributed by atoms with Gasteiger partial charge in [-0.25, -0.2) is 4.39 Å². The van der Waals surface area contributed by atoms with E-state index in [-0.39, 0.29) is 11.7 Å². The maximum atomic E-state index is 14.0. The number of likely N-dealkylation sites (tertiary alicyclic amines) is 1. The van der Waals surface area contributed by atoms with Gasteiger partial charge in [0, 0.05) is 40.2 Å². The second-order valence-electron chi connectivity index (χ2n) is 5.09. The van der Waals surface area contributed by atoms with Crippen molar-refractivity contribution in [2.75, 3.05) is 33.9 Å². The summed E-state index contributed by atoms with van der Waals surface area (Å²) in [4.78, 5) is 13.3. The molecule has 0 spiro atoms. The first-order valence-corrected chi connectivity index (χ1v) is 7.01. The molecule has 1 aromatic carbocycles. The number of benzene rings is 1. The van der Waals surface area contributed by atoms with Crippen LogP contribution in [-0.4, -0.2) is 50.8 Å². The molecule has 1 saturated heterocycles. The largest absolute Gasteiger partial charge is 0.477 e. The fourth-order valence-corrected chi connectivity index (χ4v) is 2.21. The molecule has 0 aliphatic carbocycles. The Morgan fingerprint density at radius 1 is 1.48 bits per heavy atom. The van der Waals surface area contributed by atoms with Gasteiger partial charge in [0.1, 0.15) is 0 Å². The molecule has 0 radical (unpaired) electrons. The van der Waals surface area contributed by atoms with Gasteiger partial charge in [-0.05, 0) is 17.7 Å². The van der Waals surface area contributed by atoms with E-state index in [1.54, 1.807) is 31.2 Å². The lowest BCUT2D eigenvalue weighted by molar-refractivity contribution is -0.132. The summed E-state index contributed by atoms with van der Waals surface area (Å²) in [5, 5.41) is 3.14. The van der Waals surface area contributed by atoms with Gasteiger partial charge >= 0.3 is 0 Å². The average Bonchev–Trinajstić information content (AvgIpc) is 2.78. The van der Waals surface area contributed by atoms with Crippen molar-refractivity contribution in [3.05, 3.63) is 29.6 Å². The number of hydrogen-bond acceptors (Lipinski definition) is 4. The smallest absolute Gasteiger partial charge is 0.263 e. The van der Waals surface area contributed by atoms with Crippen LogP contribution >= 0.6 is 0 Å². The van der Waals surface area contributed by atoms with Crippen LogP contribution < -0.4 is 10.1 Å². The lowest BCUT2D eigenvalue weighted by atomic mass is 10.2. The summed E-state index contributed by atoms with van der Waals surface area (Å²) in [5.41, 5.74) is 0.825. The maximum Gasteiger partial charge on any atom is 0.263 e. The highest BCUT2D eigenvalue weighted by atomic mass is 19.1. The van der Waals surface area contributed by atoms with Crippen LogP contribution in [0.3, 0.4) is 0 Å². The number of ether oxygens (including phenoxy) is 2. The summed E-state index contributed by atoms with van der Waals surface area (Å²) in [6.45, 7) is 2.53. The molecule has 1 aliphatic heterocycles. The molecule has 1 unspecified atom stereocenters. The quantitative estimate of drug-likeness (QED) is 0.768. The minimum Gasteiger partial charge on any atom is -0.477 e. The first kappa shape index (κ1) is 15.7. The number of halogens is 1. The van der Waals surface area contributed by atoms with Crippen molar-refractivity contribution in [1.29, 1.82) is 0 Å². The second kappa shape index (κ2) is 7.38. The zero-order chi connectivity index (χ0) is 15.2. The molecule has 116 valence electrons. The van der Waals surface area contributed by atoms with Gasteiger partial charge in [-0.15, -0.1) is 0 Å². The van der Waals surface area contributed by atoms with Crippen molar-refractivity contribution in [2.24, 2.45) is 0 Å². The third kappa shape index (κ3) is 4.15. The number of methoxy groups -OCH3 is 1. The fourth-order valence-electron chi connectivity index (χ4n) is 2.21. The Balaban J connectivity index is 1.91. The molecule has 1 N–H and O–H groups in total. The van der Waals surface area contributed by atoms with Crippen molar-refractivity contribution < 1.29 is 18.7 Å². The van der Waals surface area contributed by atoms with E-state index in [2.05, 4.69) is 5.32 Å². The van der Waals surface area contributed by atoms with Crippen molar-refractivity contribution in [3.8, 4) is 5.75 Å². The van der Waals surface area contributed by atoms with Gasteiger partial charge in [0.25, 0.3) is 5.91 Å². The third-order valence-electron chi connectivity index (χ3n) is 3.46. The summed E-state index contributed by atoms with van der Waals surface area (Å²) in [7, 11) is 3.35. The topological polar surface area (TPSA) is 50.8 Å². The highest BCUT2D eigenvalue weighted by molar-refractivity contribution is 5.83. The molecule has 0 aromatic heterocycles. The minimum atomic E-state index is -0.574. The van der Waals surface area contributed by atoms with Crippen molar-refractivity contribution in [3.63, 3.8) is 0 Å². The lowest BCUT2D eigenvalue weighted by Gasteiger charge is -2.14. The van der Waals surface area contributed by atoms with E-state index in [1.165, 1.54) is 6.07 Å². The van der Waals surface area contributed by atoms with Crippen LogP contribution in [0.5, 0.6) is 5.75 Å². The Labute approximate surface area is 124 Å². The first-order valence-electron chi connectivity index (χ1n) is 7.01. The lowest BCUT2D eigenvalue weighted by Crippen LogP contribution is -2.29. The van der Waals surface area contributed by atoms with E-state index in [0.717, 1.165) is 5.56 Å². The number of nitrogens with zero attached hydrogens (tertiary/aromatic N) is 1. The minimum absolute atomic E-state index is 0.0975. The maximum absolute atomic E-state index is 14.0. The number of nitrogens with one attached hydrogen (secondary N) is 1. The van der Waals surface area contributed by atoms with Crippen molar-refractivity contribution >= 4 is 5.91 Å². The molecule has 1 atom stereocenters. The molecule has 0 bridgehead atoms. The van der Waals surface area contributed by atoms with Crippen LogP contribution in [0.25, 0.3) is 0 Å². The fraction of sp³-hybridized carbons (Fsp3) is 0.533. The summed E-state index contributed by atoms with van der Waals surface area (Å²) in [5.74, 6) is -0.410. The second-order valence-corrected chi connectivity index (χ2v) is 5.09. The van der Waals surface area contributed by atoms with Crippen LogP contribution in [-0.2, 0) is 16.1 Å². The Morgan fingerprint density at radius 2 is 2.29 bits per heavy atom. The molecule has 21 heavy (non-hydrogen) atoms. The molecule has 2 rings (SSSR count). The zero-order valence-electron chi connectivity index (χ0n) is 12.4. The molecular formula is C15H21FN2O3. The van der Waals surface area contributed by atoms with Crippen molar-refractivity contribution in [1.82, 2.24) is 10.2 Å². The molecule has 1 heterocycles. The van der Waals surface area contributed by atoms with Crippen LogP contribution in [0.2, 0.25) is 0 Å². The van der Waals surface area contributed by atoms with Crippen LogP contribution in [0.1, 0.15) is 12.0 Å². The van der Waals surface area contributed by atoms with Gasteiger partial charge in [0.05, 0.1) is 6.61 Å². The van der Waals surface area contributed by atoms with Crippen LogP contribution in [0.4, 0.5) is 4.39 Å². The molecular weight excluding hydrogens is 275 g/mol. The molecule has 1 fully saturated rings. The average molecular weight is 296 g/mol. The van der Waals surface area contributed by atoms with E-state index in [0.29, 0.717) is 32.7 Å². The van der Waals surface area contributed by atoms with Gasteiger partial charge in [0.2, 0.25) is 0 Å². The van der Waals surface area contributed by atoms with E-state index < -0.39 is 11.9 Å². The number of hydrogen-bond donors (Lipinski definition) is 1. The van der Waals surface area contributed by atoms with Crippen molar-refractivity contribution in [2.45, 2.75) is 19.1 Å². The Kier molecular flexibility index (Phi) is 5.52. The SMILES string of the molecule is COCCNCc1ccc(OC2CCN(C)C2=O)c(F)c1. The zero-order valence-corrected chi connectivity index (χ0v) is 12.4. The highest BCUT2D eigenvalue weighted by Gasteiger charge is 2.31. The van der Waals surface area contributed by atoms with E-state index in [1.807, 2.05) is 0 Å². The first-order chi connectivity index (χ1) is 10.1. The number of likely N-dealkylation sites (N-methyl/N-ethyl adjacent to an activating group) is 1. The summed E-state index contributed by atoms with van der Waals surface area (Å²) in [6.07, 6.45) is 0.0184. The number of rotatable bonds is 7.